The van der Waals surface area contributed by atoms with E-state index in [2.05, 4.69) is 29.4 Å². The number of nitrogens with one attached hydrogen (secondary N) is 1. The van der Waals surface area contributed by atoms with Crippen LogP contribution < -0.4 is 15.8 Å². The van der Waals surface area contributed by atoms with Gasteiger partial charge in [-0.2, -0.15) is 0 Å². The van der Waals surface area contributed by atoms with Crippen molar-refractivity contribution in [2.24, 2.45) is 5.73 Å². The highest BCUT2D eigenvalue weighted by molar-refractivity contribution is 7.20. The highest BCUT2D eigenvalue weighted by Crippen LogP contribution is 2.45. The lowest BCUT2D eigenvalue weighted by atomic mass is 10.0. The molecule has 3 heterocycles. The summed E-state index contributed by atoms with van der Waals surface area (Å²) in [6.07, 6.45) is 4.28. The number of aryl methyl sites for hydroxylation is 1. The van der Waals surface area contributed by atoms with E-state index < -0.39 is 0 Å². The van der Waals surface area contributed by atoms with Gasteiger partial charge in [0.2, 0.25) is 0 Å². The highest BCUT2D eigenvalue weighted by Gasteiger charge is 2.22. The first-order chi connectivity index (χ1) is 18.4. The summed E-state index contributed by atoms with van der Waals surface area (Å²) >= 11 is 8.12. The van der Waals surface area contributed by atoms with Crippen molar-refractivity contribution >= 4 is 39.0 Å². The summed E-state index contributed by atoms with van der Waals surface area (Å²) in [7, 11) is 0. The van der Waals surface area contributed by atoms with Crippen molar-refractivity contribution in [2.75, 3.05) is 11.9 Å². The molecule has 0 aliphatic rings. The molecule has 3 aromatic heterocycles. The van der Waals surface area contributed by atoms with Crippen LogP contribution in [0.25, 0.3) is 32.7 Å². The molecule has 194 valence electrons. The monoisotopic (exact) mass is 543 g/mol. The number of aromatic nitrogens is 3. The SMILES string of the molecule is Cc1sc2c(NC[C@@H](N)Cc3ccccc3)nc(-c3ccncc3)nc2c1-c1cc(Cl)ccc1OC(C)C. The van der Waals surface area contributed by atoms with Gasteiger partial charge in [0.1, 0.15) is 11.6 Å². The molecule has 0 aliphatic carbocycles. The second-order valence-corrected chi connectivity index (χ2v) is 11.1. The Bertz CT molecular complexity index is 1540. The van der Waals surface area contributed by atoms with Crippen LogP contribution in [0.1, 0.15) is 24.3 Å². The molecule has 0 unspecified atom stereocenters. The number of hydrogen-bond donors (Lipinski definition) is 2. The van der Waals surface area contributed by atoms with Crippen LogP contribution in [0.15, 0.2) is 73.1 Å². The fraction of sp³-hybridized carbons (Fsp3) is 0.233. The number of hydrogen-bond acceptors (Lipinski definition) is 7. The number of anilines is 1. The Balaban J connectivity index is 1.60. The summed E-state index contributed by atoms with van der Waals surface area (Å²) in [5.41, 5.74) is 11.4. The summed E-state index contributed by atoms with van der Waals surface area (Å²) in [5, 5.41) is 4.17. The minimum absolute atomic E-state index is 0.0190. The van der Waals surface area contributed by atoms with E-state index >= 15 is 0 Å². The lowest BCUT2D eigenvalue weighted by molar-refractivity contribution is 0.243. The molecule has 3 N–H and O–H groups in total. The molecule has 0 spiro atoms. The first-order valence-electron chi connectivity index (χ1n) is 12.6. The number of pyridine rings is 1. The van der Waals surface area contributed by atoms with Gasteiger partial charge in [-0.1, -0.05) is 41.9 Å². The standard InChI is InChI=1S/C30H30ClN5OS/c1-18(2)37-25-10-9-22(31)16-24(25)26-19(3)38-28-27(26)35-29(21-11-13-33-14-12-21)36-30(28)34-17-23(32)15-20-7-5-4-6-8-20/h4-14,16,18,23H,15,17,32H2,1-3H3,(H,34,35,36)/t23-/m0/s1. The molecule has 0 fully saturated rings. The van der Waals surface area contributed by atoms with E-state index in [4.69, 9.17) is 32.0 Å². The fourth-order valence-electron chi connectivity index (χ4n) is 4.43. The van der Waals surface area contributed by atoms with Crippen molar-refractivity contribution in [2.45, 2.75) is 39.3 Å². The van der Waals surface area contributed by atoms with Crippen LogP contribution in [0.4, 0.5) is 5.82 Å². The average molecular weight is 544 g/mol. The van der Waals surface area contributed by atoms with Crippen LogP contribution in [-0.2, 0) is 6.42 Å². The van der Waals surface area contributed by atoms with E-state index in [9.17, 15) is 0 Å². The molecule has 2 aromatic carbocycles. The van der Waals surface area contributed by atoms with E-state index in [1.165, 1.54) is 5.56 Å². The van der Waals surface area contributed by atoms with Crippen molar-refractivity contribution in [1.82, 2.24) is 15.0 Å². The summed E-state index contributed by atoms with van der Waals surface area (Å²) in [4.78, 5) is 15.2. The van der Waals surface area contributed by atoms with Crippen molar-refractivity contribution in [1.29, 1.82) is 0 Å². The minimum Gasteiger partial charge on any atom is -0.490 e. The van der Waals surface area contributed by atoms with Gasteiger partial charge in [-0.15, -0.1) is 11.3 Å². The molecule has 5 rings (SSSR count). The zero-order valence-corrected chi connectivity index (χ0v) is 23.2. The van der Waals surface area contributed by atoms with Crippen LogP contribution in [0.2, 0.25) is 5.02 Å². The molecule has 0 saturated carbocycles. The quantitative estimate of drug-likeness (QED) is 0.205. The molecule has 6 nitrogen and oxygen atoms in total. The van der Waals surface area contributed by atoms with Crippen LogP contribution in [0.5, 0.6) is 5.75 Å². The number of nitrogens with two attached hydrogens (primary N) is 1. The molecular formula is C30H30ClN5OS. The van der Waals surface area contributed by atoms with Gasteiger partial charge in [0.05, 0.1) is 16.3 Å². The largest absolute Gasteiger partial charge is 0.490 e. The number of benzene rings is 2. The third-order valence-corrected chi connectivity index (χ3v) is 7.43. The summed E-state index contributed by atoms with van der Waals surface area (Å²) in [6, 6.07) is 19.8. The second kappa shape index (κ2) is 11.5. The van der Waals surface area contributed by atoms with Gasteiger partial charge in [-0.3, -0.25) is 4.98 Å². The lowest BCUT2D eigenvalue weighted by Gasteiger charge is -2.16. The van der Waals surface area contributed by atoms with Gasteiger partial charge in [-0.05, 0) is 63.1 Å². The minimum atomic E-state index is -0.0775. The van der Waals surface area contributed by atoms with E-state index in [0.29, 0.717) is 17.4 Å². The Morgan fingerprint density at radius 3 is 2.53 bits per heavy atom. The molecular weight excluding hydrogens is 514 g/mol. The second-order valence-electron chi connectivity index (χ2n) is 9.48. The molecule has 0 saturated heterocycles. The van der Waals surface area contributed by atoms with Gasteiger partial charge < -0.3 is 15.8 Å². The molecule has 8 heteroatoms. The van der Waals surface area contributed by atoms with E-state index in [1.807, 2.05) is 62.4 Å². The Morgan fingerprint density at radius 2 is 1.79 bits per heavy atom. The number of ether oxygens (including phenoxy) is 1. The van der Waals surface area contributed by atoms with E-state index in [0.717, 1.165) is 49.8 Å². The summed E-state index contributed by atoms with van der Waals surface area (Å²) < 4.78 is 7.14. The van der Waals surface area contributed by atoms with Crippen LogP contribution in [0, 0.1) is 6.92 Å². The topological polar surface area (TPSA) is 86.0 Å². The molecule has 1 atom stereocenters. The van der Waals surface area contributed by atoms with Gasteiger partial charge in [0.25, 0.3) is 0 Å². The predicted molar refractivity (Wildman–Crippen MR) is 158 cm³/mol. The van der Waals surface area contributed by atoms with Gasteiger partial charge in [-0.25, -0.2) is 9.97 Å². The van der Waals surface area contributed by atoms with E-state index in [-0.39, 0.29) is 12.1 Å². The summed E-state index contributed by atoms with van der Waals surface area (Å²) in [6.45, 7) is 6.70. The van der Waals surface area contributed by atoms with Crippen LogP contribution >= 0.6 is 22.9 Å². The smallest absolute Gasteiger partial charge is 0.162 e. The van der Waals surface area contributed by atoms with Gasteiger partial charge >= 0.3 is 0 Å². The zero-order valence-electron chi connectivity index (χ0n) is 21.6. The zero-order chi connectivity index (χ0) is 26.6. The Labute approximate surface area is 231 Å². The average Bonchev–Trinajstić information content (AvgIpc) is 3.24. The van der Waals surface area contributed by atoms with Crippen molar-refractivity contribution < 1.29 is 4.74 Å². The van der Waals surface area contributed by atoms with Gasteiger partial charge in [0.15, 0.2) is 5.82 Å². The van der Waals surface area contributed by atoms with Gasteiger partial charge in [0, 0.05) is 51.6 Å². The summed E-state index contributed by atoms with van der Waals surface area (Å²) in [5.74, 6) is 2.15. The van der Waals surface area contributed by atoms with Crippen molar-refractivity contribution in [3.05, 3.63) is 88.5 Å². The lowest BCUT2D eigenvalue weighted by Crippen LogP contribution is -2.31. The number of nitrogens with zero attached hydrogens (tertiary/aromatic N) is 3. The first kappa shape index (κ1) is 26.1. The normalized spacial score (nSPS) is 12.2. The van der Waals surface area contributed by atoms with Crippen molar-refractivity contribution in [3.63, 3.8) is 0 Å². The highest BCUT2D eigenvalue weighted by atomic mass is 35.5. The van der Waals surface area contributed by atoms with Crippen LogP contribution in [0.3, 0.4) is 0 Å². The molecule has 0 radical (unpaired) electrons. The molecule has 0 aliphatic heterocycles. The molecule has 38 heavy (non-hydrogen) atoms. The Hall–Kier alpha value is -3.52. The van der Waals surface area contributed by atoms with Crippen molar-refractivity contribution in [3.8, 4) is 28.3 Å². The Kier molecular flexibility index (Phi) is 7.88. The third-order valence-electron chi connectivity index (χ3n) is 6.09. The van der Waals surface area contributed by atoms with Crippen LogP contribution in [-0.4, -0.2) is 33.6 Å². The number of rotatable bonds is 9. The third kappa shape index (κ3) is 5.80. The molecule has 0 bridgehead atoms. The maximum absolute atomic E-state index is 6.51. The maximum Gasteiger partial charge on any atom is 0.162 e. The first-order valence-corrected chi connectivity index (χ1v) is 13.8. The maximum atomic E-state index is 6.51. The Morgan fingerprint density at radius 1 is 1.03 bits per heavy atom. The fourth-order valence-corrected chi connectivity index (χ4v) is 5.67. The molecule has 5 aromatic rings. The predicted octanol–water partition coefficient (Wildman–Crippen LogP) is 7.15. The number of thiophene rings is 1. The number of halogens is 1. The number of fused-ring (bicyclic) bond motifs is 1. The molecule has 0 amide bonds. The van der Waals surface area contributed by atoms with E-state index in [1.54, 1.807) is 23.7 Å².